The van der Waals surface area contributed by atoms with Crippen LogP contribution in [-0.4, -0.2) is 72.0 Å². The van der Waals surface area contributed by atoms with Crippen LogP contribution in [0.25, 0.3) is 0 Å². The second-order valence-electron chi connectivity index (χ2n) is 10.4. The molecular weight excluding hydrogens is 484 g/mol. The fourth-order valence-electron chi connectivity index (χ4n) is 4.80. The summed E-state index contributed by atoms with van der Waals surface area (Å²) in [5.74, 6) is 0.229. The third-order valence-corrected chi connectivity index (χ3v) is 6.69. The number of rotatable bonds is 7. The number of aryl methyl sites for hydroxylation is 2. The van der Waals surface area contributed by atoms with Crippen LogP contribution in [0.5, 0.6) is 0 Å². The number of nitrogens with one attached hydrogen (secondary N) is 1. The Morgan fingerprint density at radius 2 is 1.87 bits per heavy atom. The Labute approximate surface area is 222 Å². The molecule has 0 bridgehead atoms. The minimum atomic E-state index is -0.980. The van der Waals surface area contributed by atoms with Gasteiger partial charge in [0.15, 0.2) is 0 Å². The Bertz CT molecular complexity index is 1320. The molecule has 1 amide bonds. The molecule has 3 aromatic heterocycles. The number of pyridine rings is 1. The molecule has 0 saturated carbocycles. The summed E-state index contributed by atoms with van der Waals surface area (Å²) in [6.07, 6.45) is 6.47. The van der Waals surface area contributed by atoms with E-state index in [1.54, 1.807) is 38.5 Å². The minimum Gasteiger partial charge on any atom is -0.478 e. The standard InChI is InChI=1S/C27H34N8O3/c1-16(2)23-24(30-13-19-12-28-7-8-29-19)31-14-20(33-23)25(36)35-10-9-34(15-27(35,5)6)21-11-17(3)22(26(37)38)18(4)32-21/h7-8,11-12,14,16H,9-10,13,15H2,1-6H3,(H,30,31)(H,37,38). The number of hydrogen-bond acceptors (Lipinski definition) is 9. The molecule has 1 saturated heterocycles. The van der Waals surface area contributed by atoms with Crippen LogP contribution < -0.4 is 10.2 Å². The van der Waals surface area contributed by atoms with Gasteiger partial charge in [-0.05, 0) is 45.2 Å². The van der Waals surface area contributed by atoms with Crippen molar-refractivity contribution in [3.63, 3.8) is 0 Å². The highest BCUT2D eigenvalue weighted by molar-refractivity contribution is 5.93. The number of carbonyl (C=O) groups is 2. The summed E-state index contributed by atoms with van der Waals surface area (Å²) in [6, 6.07) is 1.80. The summed E-state index contributed by atoms with van der Waals surface area (Å²) in [6.45, 7) is 13.6. The summed E-state index contributed by atoms with van der Waals surface area (Å²) in [4.78, 5) is 51.3. The molecule has 0 spiro atoms. The zero-order valence-electron chi connectivity index (χ0n) is 22.7. The van der Waals surface area contributed by atoms with Crippen LogP contribution >= 0.6 is 0 Å². The highest BCUT2D eigenvalue weighted by atomic mass is 16.4. The van der Waals surface area contributed by atoms with Crippen molar-refractivity contribution in [2.75, 3.05) is 29.9 Å². The predicted molar refractivity (Wildman–Crippen MR) is 143 cm³/mol. The van der Waals surface area contributed by atoms with E-state index in [0.29, 0.717) is 60.5 Å². The van der Waals surface area contributed by atoms with Crippen LogP contribution in [0.2, 0.25) is 0 Å². The first-order valence-corrected chi connectivity index (χ1v) is 12.6. The average Bonchev–Trinajstić information content (AvgIpc) is 2.86. The van der Waals surface area contributed by atoms with Crippen LogP contribution in [0.1, 0.15) is 77.1 Å². The second-order valence-corrected chi connectivity index (χ2v) is 10.4. The molecule has 0 aliphatic carbocycles. The Kier molecular flexibility index (Phi) is 7.56. The first-order chi connectivity index (χ1) is 18.0. The van der Waals surface area contributed by atoms with Gasteiger partial charge in [-0.1, -0.05) is 13.8 Å². The summed E-state index contributed by atoms with van der Waals surface area (Å²) in [5, 5.41) is 12.7. The largest absolute Gasteiger partial charge is 0.478 e. The fourth-order valence-corrected chi connectivity index (χ4v) is 4.80. The predicted octanol–water partition coefficient (Wildman–Crippen LogP) is 3.45. The summed E-state index contributed by atoms with van der Waals surface area (Å²) >= 11 is 0. The lowest BCUT2D eigenvalue weighted by atomic mass is 9.97. The molecule has 38 heavy (non-hydrogen) atoms. The molecule has 0 atom stereocenters. The minimum absolute atomic E-state index is 0.0517. The molecule has 0 radical (unpaired) electrons. The lowest BCUT2D eigenvalue weighted by Gasteiger charge is -2.47. The van der Waals surface area contributed by atoms with Crippen molar-refractivity contribution in [3.05, 3.63) is 64.8 Å². The topological polar surface area (TPSA) is 137 Å². The summed E-state index contributed by atoms with van der Waals surface area (Å²) in [5.41, 5.74) is 2.65. The van der Waals surface area contributed by atoms with Gasteiger partial charge in [-0.15, -0.1) is 0 Å². The van der Waals surface area contributed by atoms with E-state index < -0.39 is 11.5 Å². The van der Waals surface area contributed by atoms with Crippen molar-refractivity contribution in [3.8, 4) is 0 Å². The zero-order valence-corrected chi connectivity index (χ0v) is 22.7. The summed E-state index contributed by atoms with van der Waals surface area (Å²) in [7, 11) is 0. The molecule has 0 unspecified atom stereocenters. The Balaban J connectivity index is 1.52. The first-order valence-electron chi connectivity index (χ1n) is 12.6. The lowest BCUT2D eigenvalue weighted by Crippen LogP contribution is -2.61. The molecular formula is C27H34N8O3. The molecule has 2 N–H and O–H groups in total. The zero-order chi connectivity index (χ0) is 27.6. The van der Waals surface area contributed by atoms with Gasteiger partial charge in [0, 0.05) is 32.0 Å². The molecule has 11 nitrogen and oxygen atoms in total. The maximum Gasteiger partial charge on any atom is 0.337 e. The van der Waals surface area contributed by atoms with Crippen LogP contribution in [-0.2, 0) is 6.54 Å². The normalized spacial score (nSPS) is 15.0. The van der Waals surface area contributed by atoms with E-state index in [-0.39, 0.29) is 17.4 Å². The van der Waals surface area contributed by atoms with Gasteiger partial charge >= 0.3 is 5.97 Å². The van der Waals surface area contributed by atoms with Gasteiger partial charge in [0.2, 0.25) is 0 Å². The summed E-state index contributed by atoms with van der Waals surface area (Å²) < 4.78 is 0. The van der Waals surface area contributed by atoms with E-state index in [0.717, 1.165) is 5.69 Å². The molecule has 4 rings (SSSR count). The Morgan fingerprint density at radius 3 is 2.47 bits per heavy atom. The first kappa shape index (κ1) is 26.9. The number of aromatic carboxylic acids is 1. The van der Waals surface area contributed by atoms with Gasteiger partial charge in [-0.3, -0.25) is 14.8 Å². The fraction of sp³-hybridized carbons (Fsp3) is 0.444. The molecule has 1 fully saturated rings. The molecule has 0 aromatic carbocycles. The number of piperazine rings is 1. The number of carbonyl (C=O) groups excluding carboxylic acids is 1. The quantitative estimate of drug-likeness (QED) is 0.478. The molecule has 4 heterocycles. The second kappa shape index (κ2) is 10.7. The SMILES string of the molecule is Cc1cc(N2CCN(C(=O)c3cnc(NCc4cnccn4)c(C(C)C)n3)C(C)(C)C2)nc(C)c1C(=O)O. The molecule has 1 aliphatic rings. The van der Waals surface area contributed by atoms with Gasteiger partial charge in [0.05, 0.1) is 47.1 Å². The number of nitrogens with zero attached hydrogens (tertiary/aromatic N) is 7. The highest BCUT2D eigenvalue weighted by Crippen LogP contribution is 2.29. The van der Waals surface area contributed by atoms with Gasteiger partial charge in [0.25, 0.3) is 5.91 Å². The van der Waals surface area contributed by atoms with E-state index in [1.165, 1.54) is 6.20 Å². The highest BCUT2D eigenvalue weighted by Gasteiger charge is 2.38. The van der Waals surface area contributed by atoms with Gasteiger partial charge in [-0.2, -0.15) is 0 Å². The average molecular weight is 519 g/mol. The van der Waals surface area contributed by atoms with E-state index in [4.69, 9.17) is 4.98 Å². The van der Waals surface area contributed by atoms with Crippen molar-refractivity contribution < 1.29 is 14.7 Å². The number of carboxylic acids is 1. The molecule has 11 heteroatoms. The van der Waals surface area contributed by atoms with Crippen LogP contribution in [0.15, 0.2) is 30.9 Å². The van der Waals surface area contributed by atoms with Crippen LogP contribution in [0.3, 0.4) is 0 Å². The van der Waals surface area contributed by atoms with Crippen molar-refractivity contribution in [1.82, 2.24) is 29.8 Å². The maximum absolute atomic E-state index is 13.6. The Morgan fingerprint density at radius 1 is 1.11 bits per heavy atom. The van der Waals surface area contributed by atoms with Crippen molar-refractivity contribution >= 4 is 23.5 Å². The maximum atomic E-state index is 13.6. The van der Waals surface area contributed by atoms with Crippen LogP contribution in [0.4, 0.5) is 11.6 Å². The monoisotopic (exact) mass is 518 g/mol. The number of hydrogen-bond donors (Lipinski definition) is 2. The van der Waals surface area contributed by atoms with Gasteiger partial charge in [0.1, 0.15) is 17.3 Å². The molecule has 1 aliphatic heterocycles. The third-order valence-electron chi connectivity index (χ3n) is 6.69. The number of amides is 1. The van der Waals surface area contributed by atoms with Crippen molar-refractivity contribution in [2.45, 2.75) is 59.5 Å². The van der Waals surface area contributed by atoms with Crippen LogP contribution in [0, 0.1) is 13.8 Å². The number of carboxylic acid groups (broad SMARTS) is 1. The van der Waals surface area contributed by atoms with E-state index in [1.807, 2.05) is 32.6 Å². The molecule has 3 aromatic rings. The van der Waals surface area contributed by atoms with E-state index in [2.05, 4.69) is 30.2 Å². The van der Waals surface area contributed by atoms with Gasteiger partial charge < -0.3 is 20.2 Å². The Hall–Kier alpha value is -4.15. The third kappa shape index (κ3) is 5.56. The molecule has 200 valence electrons. The number of aromatic nitrogens is 5. The number of anilines is 2. The van der Waals surface area contributed by atoms with E-state index >= 15 is 0 Å². The lowest BCUT2D eigenvalue weighted by molar-refractivity contribution is 0.0506. The van der Waals surface area contributed by atoms with Crippen molar-refractivity contribution in [1.29, 1.82) is 0 Å². The van der Waals surface area contributed by atoms with Gasteiger partial charge in [-0.25, -0.2) is 19.7 Å². The van der Waals surface area contributed by atoms with E-state index in [9.17, 15) is 14.7 Å². The van der Waals surface area contributed by atoms with Crippen molar-refractivity contribution in [2.24, 2.45) is 0 Å². The smallest absolute Gasteiger partial charge is 0.337 e.